The molecule has 0 aliphatic carbocycles. The number of hydrogen-bond acceptors (Lipinski definition) is 12. The maximum atomic E-state index is 14.4. The van der Waals surface area contributed by atoms with Gasteiger partial charge in [-0.25, -0.2) is 0 Å². The van der Waals surface area contributed by atoms with Gasteiger partial charge in [0.2, 0.25) is 5.91 Å². The third-order valence-electron chi connectivity index (χ3n) is 14.7. The van der Waals surface area contributed by atoms with E-state index in [1.165, 1.54) is 6.92 Å². The average molecular weight is 1160 g/mol. The summed E-state index contributed by atoms with van der Waals surface area (Å²) in [4.78, 5) is 28.3. The third kappa shape index (κ3) is 19.1. The summed E-state index contributed by atoms with van der Waals surface area (Å²) in [6.07, 6.45) is -4.94. The Bertz CT molecular complexity index is 3380. The number of amides is 1. The van der Waals surface area contributed by atoms with Crippen LogP contribution in [0, 0.1) is 13.8 Å². The summed E-state index contributed by atoms with van der Waals surface area (Å²) in [5.74, 6) is 1.44. The van der Waals surface area contributed by atoms with Gasteiger partial charge in [-0.3, -0.25) is 9.59 Å². The Morgan fingerprint density at radius 3 is 1.10 bits per heavy atom. The van der Waals surface area contributed by atoms with Gasteiger partial charge in [-0.05, 0) is 64.9 Å². The summed E-state index contributed by atoms with van der Waals surface area (Å²) in [6, 6.07) is 73.5. The lowest BCUT2D eigenvalue weighted by atomic mass is 10.0. The normalized spacial score (nSPS) is 13.5. The zero-order chi connectivity index (χ0) is 59.7. The van der Waals surface area contributed by atoms with Gasteiger partial charge in [0.1, 0.15) is 66.3 Å². The summed E-state index contributed by atoms with van der Waals surface area (Å²) in [5.41, 5.74) is 8.11. The summed E-state index contributed by atoms with van der Waals surface area (Å²) < 4.78 is 67.6. The fourth-order valence-electron chi connectivity index (χ4n) is 10.00. The molecular weight excluding hydrogens is 1080 g/mol. The second-order valence-electron chi connectivity index (χ2n) is 21.3. The first-order valence-corrected chi connectivity index (χ1v) is 29.2. The first-order valence-electron chi connectivity index (χ1n) is 29.2. The van der Waals surface area contributed by atoms with Crippen molar-refractivity contribution >= 4 is 11.9 Å². The minimum atomic E-state index is -0.899. The van der Waals surface area contributed by atoms with Crippen molar-refractivity contribution in [3.63, 3.8) is 0 Å². The van der Waals surface area contributed by atoms with Crippen molar-refractivity contribution in [2.45, 2.75) is 124 Å². The maximum absolute atomic E-state index is 14.4. The van der Waals surface area contributed by atoms with Crippen LogP contribution in [0.2, 0.25) is 0 Å². The highest BCUT2D eigenvalue weighted by molar-refractivity contribution is 5.73. The zero-order valence-corrected chi connectivity index (χ0v) is 49.5. The molecule has 0 saturated heterocycles. The van der Waals surface area contributed by atoms with Crippen LogP contribution in [0.15, 0.2) is 233 Å². The van der Waals surface area contributed by atoms with Gasteiger partial charge >= 0.3 is 5.97 Å². The SMILES string of the molecule is CC(=O)OCc1cc([C@@H](OCc2ccccc2)[C@H](OCc2ccccc2)[C@@H](CN(Cc2cc([C@@H](OCc3ccccc3)[C@H](OCc3ccccc3)[C@@H](COCc3ccccc3)OCc3ccccc3)oc2C)C(C)=O)OCc2ccccc2)oc1C. The van der Waals surface area contributed by atoms with E-state index in [2.05, 4.69) is 0 Å². The molecular formula is C73H77NO12. The van der Waals surface area contributed by atoms with Crippen molar-refractivity contribution in [1.29, 1.82) is 0 Å². The quantitative estimate of drug-likeness (QED) is 0.0355. The monoisotopic (exact) mass is 1160 g/mol. The number of hydrogen-bond donors (Lipinski definition) is 0. The van der Waals surface area contributed by atoms with Crippen molar-refractivity contribution in [2.24, 2.45) is 0 Å². The number of benzene rings is 7. The van der Waals surface area contributed by atoms with E-state index in [1.54, 1.807) is 11.8 Å². The molecule has 13 nitrogen and oxygen atoms in total. The van der Waals surface area contributed by atoms with Crippen molar-refractivity contribution in [2.75, 3.05) is 13.2 Å². The topological polar surface area (TPSA) is 138 Å². The molecule has 446 valence electrons. The van der Waals surface area contributed by atoms with E-state index in [0.29, 0.717) is 35.2 Å². The van der Waals surface area contributed by atoms with Crippen LogP contribution in [0.4, 0.5) is 0 Å². The van der Waals surface area contributed by atoms with Gasteiger partial charge in [0, 0.05) is 38.1 Å². The smallest absolute Gasteiger partial charge is 0.302 e. The molecule has 0 spiro atoms. The van der Waals surface area contributed by atoms with E-state index in [9.17, 15) is 9.59 Å². The molecule has 13 heteroatoms. The molecule has 6 atom stereocenters. The lowest BCUT2D eigenvalue weighted by Gasteiger charge is -2.36. The van der Waals surface area contributed by atoms with E-state index in [0.717, 1.165) is 44.5 Å². The molecule has 0 N–H and O–H groups in total. The van der Waals surface area contributed by atoms with Crippen LogP contribution in [-0.4, -0.2) is 54.3 Å². The van der Waals surface area contributed by atoms with E-state index in [1.807, 2.05) is 238 Å². The standard InChI is InChI=1S/C73H77NO12/c1-53-64(40-66(85-53)71(82-48-61-34-20-9-21-35-61)73(84-50-63-38-24-11-25-39-63)69(80-46-59-30-16-7-17-31-59)52-77-44-57-26-12-5-13-27-57)42-74(55(3)75)43-68(79-45-58-28-14-6-15-29-58)72(83-49-62-36-22-10-23-37-62)70(81-47-60-32-18-8-19-33-60)67-41-65(54(2)86-67)51-78-56(4)76/h5-41,68-73H,42-52H2,1-4H3/t68-,69-,70-,71-,72-,73-/m1/s1. The predicted octanol–water partition coefficient (Wildman–Crippen LogP) is 14.7. The Kier molecular flexibility index (Phi) is 23.8. The number of ether oxygens (including phenoxy) is 8. The first kappa shape index (κ1) is 62.3. The average Bonchev–Trinajstić information content (AvgIpc) is 3.66. The maximum Gasteiger partial charge on any atom is 0.302 e. The molecule has 0 aliphatic heterocycles. The number of esters is 1. The molecule has 0 unspecified atom stereocenters. The van der Waals surface area contributed by atoms with Gasteiger partial charge in [0.05, 0.1) is 52.9 Å². The minimum absolute atomic E-state index is 0.00512. The highest BCUT2D eigenvalue weighted by Crippen LogP contribution is 2.36. The lowest BCUT2D eigenvalue weighted by Crippen LogP contribution is -2.46. The lowest BCUT2D eigenvalue weighted by molar-refractivity contribution is -0.174. The number of rotatable bonds is 34. The van der Waals surface area contributed by atoms with Gasteiger partial charge < -0.3 is 51.6 Å². The molecule has 0 saturated carbocycles. The van der Waals surface area contributed by atoms with Gasteiger partial charge in [-0.1, -0.05) is 212 Å². The summed E-state index contributed by atoms with van der Waals surface area (Å²) in [7, 11) is 0. The molecule has 1 amide bonds. The predicted molar refractivity (Wildman–Crippen MR) is 328 cm³/mol. The summed E-state index contributed by atoms with van der Waals surface area (Å²) >= 11 is 0. The highest BCUT2D eigenvalue weighted by atomic mass is 16.6. The molecule has 0 aliphatic rings. The third-order valence-corrected chi connectivity index (χ3v) is 14.7. The largest absolute Gasteiger partial charge is 0.463 e. The van der Waals surface area contributed by atoms with Crippen LogP contribution in [0.5, 0.6) is 0 Å². The van der Waals surface area contributed by atoms with Crippen LogP contribution in [0.1, 0.15) is 99.2 Å². The van der Waals surface area contributed by atoms with Gasteiger partial charge in [-0.2, -0.15) is 0 Å². The Morgan fingerprint density at radius 2 is 0.721 bits per heavy atom. The fourth-order valence-corrected chi connectivity index (χ4v) is 10.00. The molecule has 0 bridgehead atoms. The molecule has 0 fully saturated rings. The van der Waals surface area contributed by atoms with Crippen LogP contribution < -0.4 is 0 Å². The Morgan fingerprint density at radius 1 is 0.395 bits per heavy atom. The van der Waals surface area contributed by atoms with Crippen LogP contribution in [-0.2, 0) is 107 Å². The molecule has 0 radical (unpaired) electrons. The van der Waals surface area contributed by atoms with Crippen molar-refractivity contribution in [3.8, 4) is 0 Å². The Hall–Kier alpha value is -8.24. The number of aryl methyl sites for hydroxylation is 2. The van der Waals surface area contributed by atoms with E-state index >= 15 is 0 Å². The van der Waals surface area contributed by atoms with Crippen molar-refractivity contribution in [1.82, 2.24) is 4.90 Å². The number of furan rings is 2. The van der Waals surface area contributed by atoms with Crippen molar-refractivity contribution in [3.05, 3.63) is 298 Å². The van der Waals surface area contributed by atoms with Gasteiger partial charge in [0.25, 0.3) is 0 Å². The van der Waals surface area contributed by atoms with Crippen LogP contribution >= 0.6 is 0 Å². The second kappa shape index (κ2) is 32.9. The van der Waals surface area contributed by atoms with Gasteiger partial charge in [-0.15, -0.1) is 0 Å². The Balaban J connectivity index is 1.09. The molecule has 2 heterocycles. The van der Waals surface area contributed by atoms with Crippen molar-refractivity contribution < 1.29 is 56.3 Å². The molecule has 9 aromatic rings. The summed E-state index contributed by atoms with van der Waals surface area (Å²) in [5, 5.41) is 0. The highest BCUT2D eigenvalue weighted by Gasteiger charge is 2.40. The molecule has 86 heavy (non-hydrogen) atoms. The number of carbonyl (C=O) groups excluding carboxylic acids is 2. The second-order valence-corrected chi connectivity index (χ2v) is 21.3. The fraction of sp³-hybridized carbons (Fsp3) is 0.288. The number of nitrogens with zero attached hydrogens (tertiary/aromatic N) is 1. The van der Waals surface area contributed by atoms with E-state index in [-0.39, 0.29) is 71.9 Å². The summed E-state index contributed by atoms with van der Waals surface area (Å²) in [6.45, 7) is 8.64. The number of carbonyl (C=O) groups is 2. The van der Waals surface area contributed by atoms with Crippen LogP contribution in [0.25, 0.3) is 0 Å². The van der Waals surface area contributed by atoms with Gasteiger partial charge in [0.15, 0.2) is 0 Å². The molecule has 9 rings (SSSR count). The first-order chi connectivity index (χ1) is 42.1. The minimum Gasteiger partial charge on any atom is -0.463 e. The molecule has 7 aromatic carbocycles. The molecule has 2 aromatic heterocycles. The van der Waals surface area contributed by atoms with Crippen LogP contribution in [0.3, 0.4) is 0 Å². The van der Waals surface area contributed by atoms with E-state index in [4.69, 9.17) is 46.7 Å². The van der Waals surface area contributed by atoms with E-state index < -0.39 is 42.6 Å². The zero-order valence-electron chi connectivity index (χ0n) is 49.5. The Labute approximate surface area is 505 Å².